The van der Waals surface area contributed by atoms with Crippen LogP contribution in [0.25, 0.3) is 0 Å². The Bertz CT molecular complexity index is 817. The molecule has 0 fully saturated rings. The van der Waals surface area contributed by atoms with E-state index in [9.17, 15) is 13.5 Å². The van der Waals surface area contributed by atoms with Gasteiger partial charge in [0.05, 0.1) is 10.6 Å². The van der Waals surface area contributed by atoms with Crippen molar-refractivity contribution in [3.63, 3.8) is 0 Å². The molecule has 1 aliphatic heterocycles. The molecule has 5 nitrogen and oxygen atoms in total. The third-order valence-corrected chi connectivity index (χ3v) is 5.50. The van der Waals surface area contributed by atoms with Crippen LogP contribution < -0.4 is 9.04 Å². The Kier molecular flexibility index (Phi) is 3.48. The maximum atomic E-state index is 12.7. The number of hydrogen-bond acceptors (Lipinski definition) is 4. The predicted octanol–water partition coefficient (Wildman–Crippen LogP) is 2.54. The predicted molar refractivity (Wildman–Crippen MR) is 83.9 cm³/mol. The third kappa shape index (κ3) is 2.50. The molecule has 0 aliphatic carbocycles. The summed E-state index contributed by atoms with van der Waals surface area (Å²) in [7, 11) is -2.21. The number of sulfonamides is 1. The smallest absolute Gasteiger partial charge is 0.264 e. The van der Waals surface area contributed by atoms with E-state index in [1.54, 1.807) is 30.3 Å². The van der Waals surface area contributed by atoms with Gasteiger partial charge in [-0.25, -0.2) is 8.42 Å². The van der Waals surface area contributed by atoms with Gasteiger partial charge in [0.2, 0.25) is 0 Å². The summed E-state index contributed by atoms with van der Waals surface area (Å²) in [5.74, 6) is 0.766. The summed E-state index contributed by atoms with van der Waals surface area (Å²) in [6, 6.07) is 11.1. The molecule has 2 aromatic rings. The SMILES string of the molecule is C[C@@H]1Cc2cc(S(=O)(=O)N(C)c3cccc(O)c3)ccc2O1. The first-order valence-electron chi connectivity index (χ1n) is 6.95. The molecule has 116 valence electrons. The fraction of sp³-hybridized carbons (Fsp3) is 0.250. The monoisotopic (exact) mass is 319 g/mol. The van der Waals surface area contributed by atoms with Crippen molar-refractivity contribution in [1.29, 1.82) is 0 Å². The Morgan fingerprint density at radius 1 is 1.23 bits per heavy atom. The second-order valence-electron chi connectivity index (χ2n) is 5.39. The number of benzene rings is 2. The molecule has 1 N–H and O–H groups in total. The number of aromatic hydroxyl groups is 1. The highest BCUT2D eigenvalue weighted by Crippen LogP contribution is 2.32. The van der Waals surface area contributed by atoms with E-state index in [-0.39, 0.29) is 16.7 Å². The molecule has 0 amide bonds. The fourth-order valence-electron chi connectivity index (χ4n) is 2.54. The number of anilines is 1. The zero-order valence-corrected chi connectivity index (χ0v) is 13.2. The van der Waals surface area contributed by atoms with E-state index in [1.165, 1.54) is 19.2 Å². The van der Waals surface area contributed by atoms with Crippen LogP contribution in [0.4, 0.5) is 5.69 Å². The van der Waals surface area contributed by atoms with Gasteiger partial charge in [0.1, 0.15) is 17.6 Å². The lowest BCUT2D eigenvalue weighted by Gasteiger charge is -2.20. The van der Waals surface area contributed by atoms with Gasteiger partial charge in [0, 0.05) is 19.5 Å². The summed E-state index contributed by atoms with van der Waals surface area (Å²) >= 11 is 0. The maximum absolute atomic E-state index is 12.7. The molecule has 0 saturated heterocycles. The summed E-state index contributed by atoms with van der Waals surface area (Å²) in [5.41, 5.74) is 1.31. The van der Waals surface area contributed by atoms with E-state index in [0.29, 0.717) is 12.1 Å². The molecular formula is C16H17NO4S. The van der Waals surface area contributed by atoms with Gasteiger partial charge in [0.25, 0.3) is 10.0 Å². The van der Waals surface area contributed by atoms with Crippen molar-refractivity contribution >= 4 is 15.7 Å². The summed E-state index contributed by atoms with van der Waals surface area (Å²) in [5, 5.41) is 9.52. The van der Waals surface area contributed by atoms with Gasteiger partial charge in [-0.1, -0.05) is 6.07 Å². The summed E-state index contributed by atoms with van der Waals surface area (Å²) in [6.45, 7) is 1.95. The van der Waals surface area contributed by atoms with Crippen LogP contribution in [0, 0.1) is 0 Å². The molecule has 22 heavy (non-hydrogen) atoms. The van der Waals surface area contributed by atoms with Crippen LogP contribution in [0.3, 0.4) is 0 Å². The number of phenolic OH excluding ortho intramolecular Hbond substituents is 1. The van der Waals surface area contributed by atoms with Crippen LogP contribution in [0.2, 0.25) is 0 Å². The highest BCUT2D eigenvalue weighted by molar-refractivity contribution is 7.92. The molecule has 0 unspecified atom stereocenters. The number of nitrogens with zero attached hydrogens (tertiary/aromatic N) is 1. The second-order valence-corrected chi connectivity index (χ2v) is 7.36. The Morgan fingerprint density at radius 2 is 2.00 bits per heavy atom. The topological polar surface area (TPSA) is 66.8 Å². The van der Waals surface area contributed by atoms with Crippen LogP contribution in [0.15, 0.2) is 47.4 Å². The molecule has 6 heteroatoms. The summed E-state index contributed by atoms with van der Waals surface area (Å²) < 4.78 is 32.2. The Morgan fingerprint density at radius 3 is 2.73 bits per heavy atom. The Balaban J connectivity index is 1.98. The lowest BCUT2D eigenvalue weighted by atomic mass is 10.1. The van der Waals surface area contributed by atoms with Crippen LogP contribution >= 0.6 is 0 Å². The average molecular weight is 319 g/mol. The van der Waals surface area contributed by atoms with Gasteiger partial charge in [-0.2, -0.15) is 0 Å². The zero-order valence-electron chi connectivity index (χ0n) is 12.4. The quantitative estimate of drug-likeness (QED) is 0.944. The van der Waals surface area contributed by atoms with Gasteiger partial charge in [-0.3, -0.25) is 4.31 Å². The minimum atomic E-state index is -3.68. The van der Waals surface area contributed by atoms with Gasteiger partial charge >= 0.3 is 0 Å². The standard InChI is InChI=1S/C16H17NO4S/c1-11-8-12-9-15(6-7-16(12)21-11)22(19,20)17(2)13-4-3-5-14(18)10-13/h3-7,9-11,18H,8H2,1-2H3/t11-/m1/s1. The Hall–Kier alpha value is -2.21. The average Bonchev–Trinajstić information content (AvgIpc) is 2.85. The summed E-state index contributed by atoms with van der Waals surface area (Å²) in [6.07, 6.45) is 0.769. The van der Waals surface area contributed by atoms with Crippen LogP contribution in [-0.2, 0) is 16.4 Å². The minimum absolute atomic E-state index is 0.0238. The van der Waals surface area contributed by atoms with E-state index in [2.05, 4.69) is 0 Å². The molecule has 2 aromatic carbocycles. The molecule has 0 bridgehead atoms. The van der Waals surface area contributed by atoms with Crippen molar-refractivity contribution in [1.82, 2.24) is 0 Å². The highest BCUT2D eigenvalue weighted by Gasteiger charge is 2.25. The van der Waals surface area contributed by atoms with E-state index in [4.69, 9.17) is 4.74 Å². The second kappa shape index (κ2) is 5.21. The van der Waals surface area contributed by atoms with E-state index < -0.39 is 10.0 Å². The van der Waals surface area contributed by atoms with Crippen LogP contribution in [-0.4, -0.2) is 26.7 Å². The third-order valence-electron chi connectivity index (χ3n) is 3.72. The molecule has 1 atom stereocenters. The number of phenols is 1. The molecule has 3 rings (SSSR count). The number of ether oxygens (including phenoxy) is 1. The van der Waals surface area contributed by atoms with Crippen LogP contribution in [0.5, 0.6) is 11.5 Å². The van der Waals surface area contributed by atoms with Crippen molar-refractivity contribution in [2.45, 2.75) is 24.3 Å². The van der Waals surface area contributed by atoms with Gasteiger partial charge < -0.3 is 9.84 Å². The lowest BCUT2D eigenvalue weighted by molar-refractivity contribution is 0.254. The van der Waals surface area contributed by atoms with E-state index in [0.717, 1.165) is 15.6 Å². The Labute approximate surface area is 129 Å². The number of hydrogen-bond donors (Lipinski definition) is 1. The lowest BCUT2D eigenvalue weighted by Crippen LogP contribution is -2.26. The van der Waals surface area contributed by atoms with Crippen molar-refractivity contribution in [2.24, 2.45) is 0 Å². The first-order valence-corrected chi connectivity index (χ1v) is 8.39. The van der Waals surface area contributed by atoms with Crippen LogP contribution in [0.1, 0.15) is 12.5 Å². The molecule has 0 aromatic heterocycles. The molecule has 1 heterocycles. The van der Waals surface area contributed by atoms with Crippen molar-refractivity contribution in [3.8, 4) is 11.5 Å². The van der Waals surface area contributed by atoms with Crippen molar-refractivity contribution in [3.05, 3.63) is 48.0 Å². The molecule has 0 saturated carbocycles. The molecule has 1 aliphatic rings. The first kappa shape index (κ1) is 14.7. The fourth-order valence-corrected chi connectivity index (χ4v) is 3.78. The van der Waals surface area contributed by atoms with Gasteiger partial charge in [-0.15, -0.1) is 0 Å². The first-order chi connectivity index (χ1) is 10.4. The van der Waals surface area contributed by atoms with Crippen molar-refractivity contribution in [2.75, 3.05) is 11.4 Å². The van der Waals surface area contributed by atoms with Gasteiger partial charge in [-0.05, 0) is 42.8 Å². The normalized spacial score (nSPS) is 16.9. The van der Waals surface area contributed by atoms with Gasteiger partial charge in [0.15, 0.2) is 0 Å². The number of rotatable bonds is 3. The minimum Gasteiger partial charge on any atom is -0.508 e. The zero-order chi connectivity index (χ0) is 15.9. The highest BCUT2D eigenvalue weighted by atomic mass is 32.2. The maximum Gasteiger partial charge on any atom is 0.264 e. The summed E-state index contributed by atoms with van der Waals surface area (Å²) in [4.78, 5) is 0.217. The van der Waals surface area contributed by atoms with E-state index in [1.807, 2.05) is 6.92 Å². The number of fused-ring (bicyclic) bond motifs is 1. The largest absolute Gasteiger partial charge is 0.508 e. The molecule has 0 radical (unpaired) electrons. The molecule has 0 spiro atoms. The molecular weight excluding hydrogens is 302 g/mol. The van der Waals surface area contributed by atoms with E-state index >= 15 is 0 Å². The van der Waals surface area contributed by atoms with Crippen molar-refractivity contribution < 1.29 is 18.3 Å².